The average Bonchev–Trinajstić information content (AvgIpc) is 2.94. The molecule has 1 aromatic carbocycles. The number of para-hydroxylation sites is 1. The van der Waals surface area contributed by atoms with E-state index in [-0.39, 0.29) is 0 Å². The van der Waals surface area contributed by atoms with Gasteiger partial charge in [-0.15, -0.1) is 21.5 Å². The quantitative estimate of drug-likeness (QED) is 0.732. The number of hydrogen-bond acceptors (Lipinski definition) is 6. The van der Waals surface area contributed by atoms with Gasteiger partial charge in [0.05, 0.1) is 23.3 Å². The van der Waals surface area contributed by atoms with Crippen molar-refractivity contribution in [2.45, 2.75) is 20.0 Å². The van der Waals surface area contributed by atoms with E-state index >= 15 is 0 Å². The van der Waals surface area contributed by atoms with Crippen LogP contribution in [0, 0.1) is 6.92 Å². The van der Waals surface area contributed by atoms with Crippen molar-refractivity contribution >= 4 is 21.6 Å². The minimum Gasteiger partial charge on any atom is -0.424 e. The van der Waals surface area contributed by atoms with Crippen molar-refractivity contribution in [2.75, 3.05) is 7.05 Å². The number of hydrogen-bond donors (Lipinski definition) is 0. The maximum atomic E-state index is 5.37. The molecule has 0 radical (unpaired) electrons. The van der Waals surface area contributed by atoms with Crippen LogP contribution in [0.25, 0.3) is 10.2 Å². The highest BCUT2D eigenvalue weighted by molar-refractivity contribution is 7.18. The van der Waals surface area contributed by atoms with Crippen LogP contribution < -0.4 is 0 Å². The Bertz CT molecular complexity index is 658. The second kappa shape index (κ2) is 5.07. The zero-order chi connectivity index (χ0) is 13.2. The van der Waals surface area contributed by atoms with Gasteiger partial charge in [0, 0.05) is 6.92 Å². The third-order valence-corrected chi connectivity index (χ3v) is 3.74. The lowest BCUT2D eigenvalue weighted by Crippen LogP contribution is -2.17. The van der Waals surface area contributed by atoms with Gasteiger partial charge < -0.3 is 4.42 Å². The molecule has 19 heavy (non-hydrogen) atoms. The Hall–Kier alpha value is -1.79. The Balaban J connectivity index is 1.70. The zero-order valence-electron chi connectivity index (χ0n) is 10.8. The van der Waals surface area contributed by atoms with Gasteiger partial charge in [-0.05, 0) is 19.2 Å². The van der Waals surface area contributed by atoms with Crippen molar-refractivity contribution in [3.05, 3.63) is 41.1 Å². The molecule has 6 heteroatoms. The highest BCUT2D eigenvalue weighted by Crippen LogP contribution is 2.22. The Labute approximate surface area is 114 Å². The zero-order valence-corrected chi connectivity index (χ0v) is 11.6. The number of thiazole rings is 1. The Morgan fingerprint density at radius 3 is 2.79 bits per heavy atom. The van der Waals surface area contributed by atoms with Crippen LogP contribution in [0.3, 0.4) is 0 Å². The largest absolute Gasteiger partial charge is 0.424 e. The summed E-state index contributed by atoms with van der Waals surface area (Å²) >= 11 is 1.72. The third-order valence-electron chi connectivity index (χ3n) is 2.72. The molecule has 98 valence electrons. The van der Waals surface area contributed by atoms with Crippen LogP contribution >= 0.6 is 11.3 Å². The molecule has 0 aliphatic carbocycles. The van der Waals surface area contributed by atoms with Gasteiger partial charge in [0.25, 0.3) is 0 Å². The van der Waals surface area contributed by atoms with Gasteiger partial charge in [-0.25, -0.2) is 4.98 Å². The molecule has 0 saturated heterocycles. The topological polar surface area (TPSA) is 55.1 Å². The maximum Gasteiger partial charge on any atom is 0.230 e. The first kappa shape index (κ1) is 12.3. The summed E-state index contributed by atoms with van der Waals surface area (Å²) in [6.45, 7) is 3.21. The second-order valence-electron chi connectivity index (χ2n) is 4.46. The summed E-state index contributed by atoms with van der Waals surface area (Å²) in [4.78, 5) is 6.73. The van der Waals surface area contributed by atoms with Gasteiger partial charge in [-0.2, -0.15) is 0 Å². The lowest BCUT2D eigenvalue weighted by Gasteiger charge is -2.11. The minimum atomic E-state index is 0.600. The summed E-state index contributed by atoms with van der Waals surface area (Å²) in [6.07, 6.45) is 0. The molecule has 2 heterocycles. The number of benzene rings is 1. The molecule has 0 unspecified atom stereocenters. The van der Waals surface area contributed by atoms with E-state index in [1.54, 1.807) is 18.3 Å². The fourth-order valence-corrected chi connectivity index (χ4v) is 2.95. The number of fused-ring (bicyclic) bond motifs is 1. The van der Waals surface area contributed by atoms with Crippen LogP contribution in [0.2, 0.25) is 0 Å². The molecule has 0 atom stereocenters. The molecule has 0 aliphatic rings. The fraction of sp³-hybridized carbons (Fsp3) is 0.308. The molecule has 0 N–H and O–H groups in total. The summed E-state index contributed by atoms with van der Waals surface area (Å²) in [6, 6.07) is 8.18. The molecule has 2 aromatic heterocycles. The summed E-state index contributed by atoms with van der Waals surface area (Å²) in [5.41, 5.74) is 1.06. The van der Waals surface area contributed by atoms with E-state index in [0.29, 0.717) is 18.3 Å². The van der Waals surface area contributed by atoms with E-state index in [2.05, 4.69) is 26.1 Å². The fourth-order valence-electron chi connectivity index (χ4n) is 1.91. The standard InChI is InChI=1S/C13H14N4OS/c1-9-15-16-12(18-9)7-17(2)8-13-14-10-5-3-4-6-11(10)19-13/h3-6H,7-8H2,1-2H3. The van der Waals surface area contributed by atoms with Crippen LogP contribution in [-0.4, -0.2) is 27.1 Å². The molecule has 3 rings (SSSR count). The van der Waals surface area contributed by atoms with Crippen LogP contribution in [0.15, 0.2) is 28.7 Å². The molecule has 0 bridgehead atoms. The smallest absolute Gasteiger partial charge is 0.230 e. The van der Waals surface area contributed by atoms with Crippen molar-refractivity contribution in [1.29, 1.82) is 0 Å². The Kier molecular flexibility index (Phi) is 3.27. The molecule has 0 spiro atoms. The number of aryl methyl sites for hydroxylation is 1. The predicted molar refractivity (Wildman–Crippen MR) is 73.8 cm³/mol. The van der Waals surface area contributed by atoms with E-state index < -0.39 is 0 Å². The molecule has 5 nitrogen and oxygen atoms in total. The van der Waals surface area contributed by atoms with E-state index in [0.717, 1.165) is 17.1 Å². The molecule has 3 aromatic rings. The van der Waals surface area contributed by atoms with Gasteiger partial charge in [0.15, 0.2) is 0 Å². The molecule has 0 saturated carbocycles. The summed E-state index contributed by atoms with van der Waals surface area (Å²) in [7, 11) is 2.02. The van der Waals surface area contributed by atoms with Crippen molar-refractivity contribution in [2.24, 2.45) is 0 Å². The summed E-state index contributed by atoms with van der Waals surface area (Å²) in [5, 5.41) is 8.92. The minimum absolute atomic E-state index is 0.600. The van der Waals surface area contributed by atoms with Crippen molar-refractivity contribution in [1.82, 2.24) is 20.1 Å². The third kappa shape index (κ3) is 2.80. The van der Waals surface area contributed by atoms with Gasteiger partial charge in [-0.1, -0.05) is 12.1 Å². The van der Waals surface area contributed by atoms with Crippen LogP contribution in [0.4, 0.5) is 0 Å². The van der Waals surface area contributed by atoms with E-state index in [1.807, 2.05) is 25.2 Å². The van der Waals surface area contributed by atoms with Crippen molar-refractivity contribution in [3.63, 3.8) is 0 Å². The average molecular weight is 274 g/mol. The van der Waals surface area contributed by atoms with E-state index in [4.69, 9.17) is 4.42 Å². The van der Waals surface area contributed by atoms with E-state index in [1.165, 1.54) is 4.70 Å². The lowest BCUT2D eigenvalue weighted by molar-refractivity contribution is 0.278. The molecule has 0 amide bonds. The lowest BCUT2D eigenvalue weighted by atomic mass is 10.3. The highest BCUT2D eigenvalue weighted by Gasteiger charge is 2.10. The first-order valence-electron chi connectivity index (χ1n) is 6.03. The van der Waals surface area contributed by atoms with Crippen molar-refractivity contribution < 1.29 is 4.42 Å². The van der Waals surface area contributed by atoms with Crippen LogP contribution in [0.5, 0.6) is 0 Å². The van der Waals surface area contributed by atoms with E-state index in [9.17, 15) is 0 Å². The Morgan fingerprint density at radius 2 is 2.05 bits per heavy atom. The molecular formula is C13H14N4OS. The molecular weight excluding hydrogens is 260 g/mol. The van der Waals surface area contributed by atoms with Gasteiger partial charge in [0.1, 0.15) is 5.01 Å². The Morgan fingerprint density at radius 1 is 1.21 bits per heavy atom. The first-order chi connectivity index (χ1) is 9.20. The maximum absolute atomic E-state index is 5.37. The number of nitrogens with zero attached hydrogens (tertiary/aromatic N) is 4. The monoisotopic (exact) mass is 274 g/mol. The number of rotatable bonds is 4. The number of aromatic nitrogens is 3. The van der Waals surface area contributed by atoms with Crippen molar-refractivity contribution in [3.8, 4) is 0 Å². The summed E-state index contributed by atoms with van der Waals surface area (Å²) < 4.78 is 6.59. The highest BCUT2D eigenvalue weighted by atomic mass is 32.1. The molecule has 0 fully saturated rings. The second-order valence-corrected chi connectivity index (χ2v) is 5.58. The first-order valence-corrected chi connectivity index (χ1v) is 6.84. The van der Waals surface area contributed by atoms with Crippen LogP contribution in [-0.2, 0) is 13.1 Å². The van der Waals surface area contributed by atoms with Crippen LogP contribution in [0.1, 0.15) is 16.8 Å². The summed E-state index contributed by atoms with van der Waals surface area (Å²) in [5.74, 6) is 1.24. The van der Waals surface area contributed by atoms with Gasteiger partial charge in [-0.3, -0.25) is 4.90 Å². The SMILES string of the molecule is Cc1nnc(CN(C)Cc2nc3ccccc3s2)o1. The normalized spacial score (nSPS) is 11.5. The van der Waals surface area contributed by atoms with Gasteiger partial charge in [0.2, 0.25) is 11.8 Å². The predicted octanol–water partition coefficient (Wildman–Crippen LogP) is 2.62. The van der Waals surface area contributed by atoms with Gasteiger partial charge >= 0.3 is 0 Å². The molecule has 0 aliphatic heterocycles.